The number of hydrogen-bond acceptors (Lipinski definition) is 1. The molecule has 0 unspecified atom stereocenters. The van der Waals surface area contributed by atoms with Crippen LogP contribution >= 0.6 is 0 Å². The molecule has 2 aliphatic carbocycles. The minimum absolute atomic E-state index is 0.0988. The van der Waals surface area contributed by atoms with E-state index < -0.39 is 0 Å². The van der Waals surface area contributed by atoms with E-state index in [2.05, 4.69) is 196 Å². The lowest BCUT2D eigenvalue weighted by atomic mass is 9.80. The first kappa shape index (κ1) is 29.9. The highest BCUT2D eigenvalue weighted by molar-refractivity contribution is 6.03. The van der Waals surface area contributed by atoms with Gasteiger partial charge in [0.1, 0.15) is 0 Å². The van der Waals surface area contributed by atoms with Crippen molar-refractivity contribution in [1.29, 1.82) is 0 Å². The maximum atomic E-state index is 2.46. The van der Waals surface area contributed by atoms with Crippen molar-refractivity contribution in [1.82, 2.24) is 0 Å². The molecule has 2 aliphatic rings. The summed E-state index contributed by atoms with van der Waals surface area (Å²) in [5.74, 6) is 0. The molecule has 0 heterocycles. The molecule has 0 bridgehead atoms. The Morgan fingerprint density at radius 1 is 0.373 bits per heavy atom. The van der Waals surface area contributed by atoms with Crippen molar-refractivity contribution in [3.05, 3.63) is 186 Å². The molecule has 8 aromatic carbocycles. The predicted molar refractivity (Wildman–Crippen MR) is 217 cm³/mol. The Kier molecular flexibility index (Phi) is 6.34. The highest BCUT2D eigenvalue weighted by atomic mass is 15.1. The molecule has 0 amide bonds. The third kappa shape index (κ3) is 4.34. The van der Waals surface area contributed by atoms with Gasteiger partial charge in [-0.1, -0.05) is 155 Å². The molecular weight excluding hydrogens is 615 g/mol. The quantitative estimate of drug-likeness (QED) is 0.183. The van der Waals surface area contributed by atoms with Crippen LogP contribution in [-0.2, 0) is 10.8 Å². The smallest absolute Gasteiger partial charge is 0.0468 e. The van der Waals surface area contributed by atoms with Gasteiger partial charge in [0.2, 0.25) is 0 Å². The average molecular weight is 654 g/mol. The fourth-order valence-corrected chi connectivity index (χ4v) is 9.26. The van der Waals surface area contributed by atoms with Crippen LogP contribution < -0.4 is 4.90 Å². The van der Waals surface area contributed by atoms with E-state index >= 15 is 0 Å². The van der Waals surface area contributed by atoms with E-state index in [0.717, 1.165) is 11.4 Å². The summed E-state index contributed by atoms with van der Waals surface area (Å²) in [5, 5.41) is 5.21. The summed E-state index contributed by atoms with van der Waals surface area (Å²) in [7, 11) is 0. The van der Waals surface area contributed by atoms with E-state index in [1.807, 2.05) is 0 Å². The fraction of sp³-hybridized carbons (Fsp3) is 0.120. The first-order valence-electron chi connectivity index (χ1n) is 18.1. The molecule has 10 rings (SSSR count). The van der Waals surface area contributed by atoms with Crippen LogP contribution in [0.5, 0.6) is 0 Å². The number of hydrogen-bond donors (Lipinski definition) is 0. The number of benzene rings is 8. The van der Waals surface area contributed by atoms with Crippen LogP contribution in [0.1, 0.15) is 49.9 Å². The van der Waals surface area contributed by atoms with E-state index in [-0.39, 0.29) is 10.8 Å². The normalized spacial score (nSPS) is 14.6. The van der Waals surface area contributed by atoms with E-state index in [4.69, 9.17) is 0 Å². The van der Waals surface area contributed by atoms with Crippen LogP contribution in [-0.4, -0.2) is 0 Å². The fourth-order valence-electron chi connectivity index (χ4n) is 9.26. The van der Waals surface area contributed by atoms with Gasteiger partial charge >= 0.3 is 0 Å². The number of fused-ring (bicyclic) bond motifs is 10. The Morgan fingerprint density at radius 3 is 1.82 bits per heavy atom. The third-order valence-corrected chi connectivity index (χ3v) is 11.8. The van der Waals surface area contributed by atoms with Gasteiger partial charge in [-0.2, -0.15) is 0 Å². The minimum atomic E-state index is -0.131. The highest BCUT2D eigenvalue weighted by Crippen LogP contribution is 2.54. The first-order chi connectivity index (χ1) is 24.8. The topological polar surface area (TPSA) is 3.24 Å². The summed E-state index contributed by atoms with van der Waals surface area (Å²) in [6.07, 6.45) is 0. The zero-order valence-electron chi connectivity index (χ0n) is 29.5. The lowest BCUT2D eigenvalue weighted by Crippen LogP contribution is -2.17. The molecule has 1 heteroatoms. The summed E-state index contributed by atoms with van der Waals surface area (Å²) in [4.78, 5) is 2.46. The molecule has 0 atom stereocenters. The third-order valence-electron chi connectivity index (χ3n) is 11.8. The van der Waals surface area contributed by atoms with Gasteiger partial charge in [-0.25, -0.2) is 0 Å². The lowest BCUT2D eigenvalue weighted by Gasteiger charge is -2.29. The number of anilines is 3. The van der Waals surface area contributed by atoms with E-state index in [9.17, 15) is 0 Å². The summed E-state index contributed by atoms with van der Waals surface area (Å²) in [5.41, 5.74) is 16.7. The standard InChI is InChI=1S/C50H39N/c1-49(2)45-29-22-34-14-8-9-15-39(34)47(45)42-28-26-38(31-46(42)49)51(36-23-18-33(19-24-36)32-12-6-5-7-13-32)37-25-20-35-21-27-41-40-16-10-11-17-44(40)50(3,4)48(41)43(35)30-37/h5-31H,1-4H3. The summed E-state index contributed by atoms with van der Waals surface area (Å²) >= 11 is 0. The zero-order chi connectivity index (χ0) is 34.5. The van der Waals surface area contributed by atoms with E-state index in [1.165, 1.54) is 82.9 Å². The Hall–Kier alpha value is -5.92. The van der Waals surface area contributed by atoms with Crippen molar-refractivity contribution in [2.24, 2.45) is 0 Å². The van der Waals surface area contributed by atoms with Gasteiger partial charge in [-0.15, -0.1) is 0 Å². The molecule has 0 saturated heterocycles. The van der Waals surface area contributed by atoms with Gasteiger partial charge in [0.15, 0.2) is 0 Å². The Morgan fingerprint density at radius 2 is 0.980 bits per heavy atom. The van der Waals surface area contributed by atoms with Crippen LogP contribution in [0, 0.1) is 0 Å². The van der Waals surface area contributed by atoms with Gasteiger partial charge in [0.05, 0.1) is 0 Å². The molecule has 0 fully saturated rings. The van der Waals surface area contributed by atoms with Gasteiger partial charge in [0, 0.05) is 27.9 Å². The van der Waals surface area contributed by atoms with Gasteiger partial charge in [0.25, 0.3) is 0 Å². The van der Waals surface area contributed by atoms with Crippen molar-refractivity contribution in [3.63, 3.8) is 0 Å². The van der Waals surface area contributed by atoms with E-state index in [0.29, 0.717) is 0 Å². The molecule has 0 aromatic heterocycles. The lowest BCUT2D eigenvalue weighted by molar-refractivity contribution is 0.661. The monoisotopic (exact) mass is 653 g/mol. The zero-order valence-corrected chi connectivity index (χ0v) is 29.5. The second-order valence-electron chi connectivity index (χ2n) is 15.4. The summed E-state index contributed by atoms with van der Waals surface area (Å²) < 4.78 is 0. The minimum Gasteiger partial charge on any atom is -0.310 e. The highest BCUT2D eigenvalue weighted by Gasteiger charge is 2.38. The van der Waals surface area contributed by atoms with Crippen molar-refractivity contribution >= 4 is 38.6 Å². The van der Waals surface area contributed by atoms with Crippen molar-refractivity contribution < 1.29 is 0 Å². The van der Waals surface area contributed by atoms with Crippen LogP contribution in [0.25, 0.3) is 54.9 Å². The Labute approximate surface area is 300 Å². The first-order valence-corrected chi connectivity index (χ1v) is 18.1. The maximum Gasteiger partial charge on any atom is 0.0468 e. The van der Waals surface area contributed by atoms with Gasteiger partial charge in [-0.3, -0.25) is 0 Å². The molecule has 244 valence electrons. The molecule has 0 saturated carbocycles. The largest absolute Gasteiger partial charge is 0.310 e. The van der Waals surface area contributed by atoms with Crippen molar-refractivity contribution in [2.75, 3.05) is 4.90 Å². The molecule has 0 spiro atoms. The molecule has 0 N–H and O–H groups in total. The number of nitrogens with zero attached hydrogens (tertiary/aromatic N) is 1. The van der Waals surface area contributed by atoms with E-state index in [1.54, 1.807) is 0 Å². The molecule has 1 nitrogen and oxygen atoms in total. The molecule has 0 aliphatic heterocycles. The molecular formula is C50H39N. The van der Waals surface area contributed by atoms with Crippen molar-refractivity contribution in [2.45, 2.75) is 38.5 Å². The predicted octanol–water partition coefficient (Wildman–Crippen LogP) is 13.7. The second kappa shape index (κ2) is 10.8. The molecule has 8 aromatic rings. The second-order valence-corrected chi connectivity index (χ2v) is 15.4. The van der Waals surface area contributed by atoms with Crippen LogP contribution in [0.15, 0.2) is 164 Å². The Balaban J connectivity index is 1.18. The Bertz CT molecular complexity index is 2680. The average Bonchev–Trinajstić information content (AvgIpc) is 3.55. The SMILES string of the molecule is CC1(C)c2cc(N(c3ccc(-c4ccccc4)cc3)c3ccc4ccc5c(c4c3)C(C)(C)c3ccccc3-5)ccc2-c2c1ccc1ccccc21. The van der Waals surface area contributed by atoms with Crippen LogP contribution in [0.3, 0.4) is 0 Å². The number of rotatable bonds is 4. The molecule has 51 heavy (non-hydrogen) atoms. The van der Waals surface area contributed by atoms with Gasteiger partial charge < -0.3 is 4.90 Å². The summed E-state index contributed by atoms with van der Waals surface area (Å²) in [6.45, 7) is 9.53. The molecule has 0 radical (unpaired) electrons. The maximum absolute atomic E-state index is 2.46. The summed E-state index contributed by atoms with van der Waals surface area (Å²) in [6, 6.07) is 60.9. The van der Waals surface area contributed by atoms with Crippen LogP contribution in [0.2, 0.25) is 0 Å². The van der Waals surface area contributed by atoms with Crippen molar-refractivity contribution in [3.8, 4) is 33.4 Å². The van der Waals surface area contributed by atoms with Crippen LogP contribution in [0.4, 0.5) is 17.1 Å². The van der Waals surface area contributed by atoms with Gasteiger partial charge in [-0.05, 0) is 114 Å².